The van der Waals surface area contributed by atoms with Gasteiger partial charge in [-0.1, -0.05) is 0 Å². The summed E-state index contributed by atoms with van der Waals surface area (Å²) in [4.78, 5) is 45.7. The number of aliphatic hydroxyl groups is 3. The summed E-state index contributed by atoms with van der Waals surface area (Å²) in [5.74, 6) is -0.126. The van der Waals surface area contributed by atoms with Gasteiger partial charge >= 0.3 is 13.9 Å². The summed E-state index contributed by atoms with van der Waals surface area (Å²) in [6.07, 6.45) is -4.13. The first-order valence-corrected chi connectivity index (χ1v) is 17.6. The maximum Gasteiger partial charge on any atom is 0.582 e. The lowest BCUT2D eigenvalue weighted by Gasteiger charge is -2.28. The number of ether oxygens (including phenoxy) is 2. The van der Waals surface area contributed by atoms with Crippen molar-refractivity contribution in [2.45, 2.75) is 36.9 Å². The molecule has 4 aromatic rings. The first kappa shape index (κ1) is 33.6. The molecule has 1 saturated heterocycles. The van der Waals surface area contributed by atoms with E-state index in [4.69, 9.17) is 46.3 Å². The summed E-state index contributed by atoms with van der Waals surface area (Å²) in [7, 11) is -2.37. The minimum atomic E-state index is -4.26. The van der Waals surface area contributed by atoms with E-state index < -0.39 is 82.8 Å². The van der Waals surface area contributed by atoms with Crippen molar-refractivity contribution in [3.63, 3.8) is 0 Å². The molecule has 8 atom stereocenters. The summed E-state index contributed by atoms with van der Waals surface area (Å²) in [6.45, 7) is -6.42. The molecule has 1 aliphatic rings. The predicted molar refractivity (Wildman–Crippen MR) is 160 cm³/mol. The minimum Gasteiger partial charge on any atom is -0.394 e. The number of anilines is 2. The summed E-state index contributed by atoms with van der Waals surface area (Å²) >= 11 is 8.86. The molecule has 0 amide bonds. The molecular formula is C20H27N10O11P2S2+. The van der Waals surface area contributed by atoms with Crippen molar-refractivity contribution in [3.8, 4) is 0 Å². The lowest BCUT2D eigenvalue weighted by Crippen LogP contribution is -2.35. The number of aromatic nitrogens is 8. The molecule has 0 saturated carbocycles. The molecule has 0 spiro atoms. The van der Waals surface area contributed by atoms with E-state index in [0.29, 0.717) is 0 Å². The average molecular weight is 710 g/mol. The third kappa shape index (κ3) is 7.30. The van der Waals surface area contributed by atoms with E-state index in [2.05, 4.69) is 42.2 Å². The quantitative estimate of drug-likeness (QED) is 0.0544. The number of nitrogen functional groups attached to an aromatic ring is 2. The number of nitrogens with zero attached hydrogens (tertiary/aromatic N) is 7. The number of nitrogens with one attached hydrogen (secondary N) is 1. The van der Waals surface area contributed by atoms with Gasteiger partial charge in [0.05, 0.1) is 32.5 Å². The molecular weight excluding hydrogens is 682 g/mol. The van der Waals surface area contributed by atoms with Crippen LogP contribution in [-0.4, -0.2) is 110 Å². The van der Waals surface area contributed by atoms with Crippen LogP contribution in [0.1, 0.15) is 12.5 Å². The highest BCUT2D eigenvalue weighted by Crippen LogP contribution is 2.50. The summed E-state index contributed by atoms with van der Waals surface area (Å²) in [6, 6.07) is 0. The fourth-order valence-electron chi connectivity index (χ4n) is 4.46. The van der Waals surface area contributed by atoms with Crippen LogP contribution in [0.4, 0.5) is 11.8 Å². The highest BCUT2D eigenvalue weighted by molar-refractivity contribution is 8.39. The first-order valence-electron chi connectivity index (χ1n) is 12.7. The zero-order valence-electron chi connectivity index (χ0n) is 22.7. The van der Waals surface area contributed by atoms with Crippen LogP contribution in [0.5, 0.6) is 0 Å². The van der Waals surface area contributed by atoms with Crippen molar-refractivity contribution in [2.75, 3.05) is 37.9 Å². The number of hydrogen-bond acceptors (Lipinski definition) is 18. The van der Waals surface area contributed by atoms with E-state index >= 15 is 0 Å². The molecule has 1 fully saturated rings. The third-order valence-corrected chi connectivity index (χ3v) is 8.75. The maximum absolute atomic E-state index is 12.3. The van der Waals surface area contributed by atoms with Gasteiger partial charge in [0.15, 0.2) is 35.1 Å². The van der Waals surface area contributed by atoms with E-state index in [0.717, 1.165) is 0 Å². The van der Waals surface area contributed by atoms with Crippen molar-refractivity contribution in [1.29, 1.82) is 0 Å². The van der Waals surface area contributed by atoms with Gasteiger partial charge in [-0.2, -0.15) is 4.98 Å². The van der Waals surface area contributed by atoms with Crippen molar-refractivity contribution >= 4 is 72.1 Å². The zero-order valence-corrected chi connectivity index (χ0v) is 26.2. The Hall–Kier alpha value is -2.76. The van der Waals surface area contributed by atoms with Gasteiger partial charge in [-0.25, -0.2) is 19.9 Å². The van der Waals surface area contributed by atoms with Gasteiger partial charge < -0.3 is 45.7 Å². The standard InChI is InChI=1S/C20H26N10O11P2S2/c21-15-11-16(24-5-23-15)29(6-25-11)10(2-32)39-8(1-31)3-38-43(36,45)41-14-13(33)9(4-37-42(35)44)40-19(14)30-7-26-12-17(30)27-20(22)28-18(12)34/h5-10,13-14,19,31-33H,1-4H2,(H6-,21,22,23,24,27,28,34,35,36,44,45)/p+1/t8-,9+,10+,13?,14?,19+,43?/m0/s1. The second-order valence-electron chi connectivity index (χ2n) is 9.36. The van der Waals surface area contributed by atoms with E-state index in [9.17, 15) is 29.6 Å². The van der Waals surface area contributed by atoms with Crippen molar-refractivity contribution < 1.29 is 47.8 Å². The SMILES string of the molecule is Nc1nc2c(ncn2[C@@H]2O[C@H](CO[P+](=O)S)C(O)C2OP(O)(=S)OC[C@H](CO)O[C@H](CO)n2cnc3c(N)ncnc32)c(=O)[nH]1. The molecule has 5 rings (SSSR count). The molecule has 25 heteroatoms. The number of thiol groups is 1. The number of H-pyrrole nitrogens is 1. The Balaban J connectivity index is 1.33. The zero-order chi connectivity index (χ0) is 32.5. The molecule has 9 N–H and O–H groups in total. The molecule has 0 radical (unpaired) electrons. The Kier molecular flexibility index (Phi) is 10.4. The molecule has 45 heavy (non-hydrogen) atoms. The third-order valence-electron chi connectivity index (χ3n) is 6.47. The number of nitrogens with two attached hydrogens (primary N) is 2. The molecule has 0 aliphatic carbocycles. The molecule has 244 valence electrons. The molecule has 5 heterocycles. The van der Waals surface area contributed by atoms with Gasteiger partial charge in [-0.15, -0.1) is 4.52 Å². The Morgan fingerprint density at radius 1 is 1.18 bits per heavy atom. The summed E-state index contributed by atoms with van der Waals surface area (Å²) in [5.41, 5.74) is 11.2. The largest absolute Gasteiger partial charge is 0.582 e. The Bertz CT molecular complexity index is 1790. The van der Waals surface area contributed by atoms with E-state index in [1.807, 2.05) is 0 Å². The lowest BCUT2D eigenvalue weighted by molar-refractivity contribution is -0.110. The van der Waals surface area contributed by atoms with Crippen LogP contribution in [0.3, 0.4) is 0 Å². The number of hydrogen-bond donors (Lipinski definition) is 8. The topological polar surface area (TPSA) is 303 Å². The normalized spacial score (nSPS) is 23.4. The minimum absolute atomic E-state index is 0.0427. The number of aromatic amines is 1. The predicted octanol–water partition coefficient (Wildman–Crippen LogP) is -1.53. The van der Waals surface area contributed by atoms with E-state index in [1.165, 1.54) is 28.1 Å². The number of imidazole rings is 2. The molecule has 1 aliphatic heterocycles. The van der Waals surface area contributed by atoms with Crippen molar-refractivity contribution in [3.05, 3.63) is 29.3 Å². The van der Waals surface area contributed by atoms with Crippen LogP contribution < -0.4 is 17.0 Å². The van der Waals surface area contributed by atoms with Gasteiger partial charge in [-0.05, 0) is 16.4 Å². The van der Waals surface area contributed by atoms with Crippen LogP contribution in [0.2, 0.25) is 0 Å². The van der Waals surface area contributed by atoms with Crippen LogP contribution >= 0.6 is 26.2 Å². The van der Waals surface area contributed by atoms with Gasteiger partial charge in [-0.3, -0.25) is 23.4 Å². The second kappa shape index (κ2) is 13.9. The van der Waals surface area contributed by atoms with Crippen molar-refractivity contribution in [1.82, 2.24) is 39.0 Å². The highest BCUT2D eigenvalue weighted by Gasteiger charge is 2.49. The van der Waals surface area contributed by atoms with Crippen molar-refractivity contribution in [2.24, 2.45) is 0 Å². The van der Waals surface area contributed by atoms with E-state index in [-0.39, 0.29) is 34.1 Å². The Morgan fingerprint density at radius 3 is 2.64 bits per heavy atom. The second-order valence-corrected chi connectivity index (χ2v) is 13.9. The molecule has 0 bridgehead atoms. The van der Waals surface area contributed by atoms with E-state index in [1.54, 1.807) is 0 Å². The Morgan fingerprint density at radius 2 is 1.93 bits per heavy atom. The first-order chi connectivity index (χ1) is 21.4. The molecule has 4 aromatic heterocycles. The van der Waals surface area contributed by atoms with Gasteiger partial charge in [0.2, 0.25) is 5.95 Å². The molecule has 0 aromatic carbocycles. The molecule has 21 nitrogen and oxygen atoms in total. The van der Waals surface area contributed by atoms with Crippen LogP contribution in [0.15, 0.2) is 23.8 Å². The smallest absolute Gasteiger partial charge is 0.394 e. The fraction of sp³-hybridized carbons (Fsp3) is 0.500. The lowest BCUT2D eigenvalue weighted by atomic mass is 10.1. The number of aliphatic hydroxyl groups excluding tert-OH is 3. The van der Waals surface area contributed by atoms with Gasteiger partial charge in [0.1, 0.15) is 55.1 Å². The average Bonchev–Trinajstić information content (AvgIpc) is 3.69. The van der Waals surface area contributed by atoms with Crippen LogP contribution in [-0.2, 0) is 39.4 Å². The summed E-state index contributed by atoms with van der Waals surface area (Å²) < 4.78 is 41.7. The Labute approximate surface area is 262 Å². The number of fused-ring (bicyclic) bond motifs is 2. The maximum atomic E-state index is 12.3. The highest BCUT2D eigenvalue weighted by atomic mass is 32.7. The van der Waals surface area contributed by atoms with Gasteiger partial charge in [0, 0.05) is 0 Å². The molecule has 4 unspecified atom stereocenters. The van der Waals surface area contributed by atoms with Crippen LogP contribution in [0, 0.1) is 0 Å². The monoisotopic (exact) mass is 709 g/mol. The number of rotatable bonds is 14. The fourth-order valence-corrected chi connectivity index (χ4v) is 6.36. The van der Waals surface area contributed by atoms with Crippen LogP contribution in [0.25, 0.3) is 22.3 Å². The van der Waals surface area contributed by atoms with Gasteiger partial charge in [0.25, 0.3) is 5.56 Å². The summed E-state index contributed by atoms with van der Waals surface area (Å²) in [5, 5.41) is 31.0.